The lowest BCUT2D eigenvalue weighted by molar-refractivity contribution is -0.123. The highest BCUT2D eigenvalue weighted by atomic mass is 16.5. The van der Waals surface area contributed by atoms with Crippen molar-refractivity contribution >= 4 is 17.7 Å². The summed E-state index contributed by atoms with van der Waals surface area (Å²) in [5.74, 6) is 1.03. The second-order valence-corrected chi connectivity index (χ2v) is 9.33. The number of amides is 3. The Bertz CT molecular complexity index is 1290. The molecule has 3 N–H and O–H groups in total. The van der Waals surface area contributed by atoms with Crippen LogP contribution < -0.4 is 24.8 Å². The molecule has 198 valence electrons. The maximum Gasteiger partial charge on any atom is 0.258 e. The van der Waals surface area contributed by atoms with E-state index in [1.807, 2.05) is 30.3 Å². The van der Waals surface area contributed by atoms with E-state index in [9.17, 15) is 14.4 Å². The number of aryl methyl sites for hydroxylation is 1. The minimum Gasteiger partial charge on any atom is -0.493 e. The second kappa shape index (κ2) is 11.3. The molecule has 1 fully saturated rings. The highest BCUT2D eigenvalue weighted by Gasteiger charge is 2.38. The Kier molecular flexibility index (Phi) is 7.48. The van der Waals surface area contributed by atoms with Gasteiger partial charge in [0.05, 0.1) is 25.3 Å². The number of benzene rings is 2. The van der Waals surface area contributed by atoms with Crippen molar-refractivity contribution < 1.29 is 28.6 Å². The van der Waals surface area contributed by atoms with Gasteiger partial charge >= 0.3 is 0 Å². The Balaban J connectivity index is 1.37. The van der Waals surface area contributed by atoms with Crippen molar-refractivity contribution in [2.45, 2.75) is 31.5 Å². The molecule has 10 heteroatoms. The third-order valence-electron chi connectivity index (χ3n) is 6.67. The molecule has 3 amide bonds. The first-order valence-corrected chi connectivity index (χ1v) is 12.5. The minimum atomic E-state index is -0.422. The van der Waals surface area contributed by atoms with Crippen LogP contribution in [0.3, 0.4) is 0 Å². The van der Waals surface area contributed by atoms with Crippen LogP contribution in [0.25, 0.3) is 0 Å². The standard InChI is InChI=1S/C28H30N4O6/c1-36-24-12-18-4-8-23(24)37-17-27(34)30-13-19-2-6-21(7-3-19)38-25-16-32(28(35)20-10-11-29-14-20)15-22(25)31-26(33)9-5-18/h2-4,6-8,10-12,14,22,25,29H,5,9,13,15-17H2,1H3,(H,30,34)(H,31,33)/t22-,25-/m0/s1. The molecule has 2 atom stereocenters. The van der Waals surface area contributed by atoms with E-state index >= 15 is 0 Å². The van der Waals surface area contributed by atoms with Gasteiger partial charge in [-0.25, -0.2) is 0 Å². The van der Waals surface area contributed by atoms with Gasteiger partial charge in [0.2, 0.25) is 5.91 Å². The molecule has 2 aromatic carbocycles. The van der Waals surface area contributed by atoms with E-state index in [1.54, 1.807) is 35.5 Å². The molecule has 0 unspecified atom stereocenters. The number of methoxy groups -OCH3 is 1. The number of H-pyrrole nitrogens is 1. The number of carbonyl (C=O) groups is 3. The Hall–Kier alpha value is -4.47. The summed E-state index contributed by atoms with van der Waals surface area (Å²) in [6, 6.07) is 14.1. The molecule has 4 bridgehead atoms. The van der Waals surface area contributed by atoms with E-state index < -0.39 is 6.10 Å². The van der Waals surface area contributed by atoms with E-state index in [-0.39, 0.29) is 36.8 Å². The van der Waals surface area contributed by atoms with Gasteiger partial charge in [-0.15, -0.1) is 0 Å². The smallest absolute Gasteiger partial charge is 0.258 e. The van der Waals surface area contributed by atoms with Crippen LogP contribution in [0.5, 0.6) is 17.2 Å². The van der Waals surface area contributed by atoms with E-state index in [2.05, 4.69) is 15.6 Å². The van der Waals surface area contributed by atoms with Gasteiger partial charge in [-0.1, -0.05) is 18.2 Å². The van der Waals surface area contributed by atoms with Crippen molar-refractivity contribution in [3.63, 3.8) is 0 Å². The Morgan fingerprint density at radius 1 is 1.00 bits per heavy atom. The van der Waals surface area contributed by atoms with Crippen molar-refractivity contribution in [2.24, 2.45) is 0 Å². The molecule has 0 spiro atoms. The molecule has 3 aromatic rings. The maximum atomic E-state index is 13.0. The van der Waals surface area contributed by atoms with Crippen LogP contribution in [0.4, 0.5) is 0 Å². The first kappa shape index (κ1) is 25.2. The minimum absolute atomic E-state index is 0.123. The van der Waals surface area contributed by atoms with Crippen molar-refractivity contribution in [3.8, 4) is 17.2 Å². The lowest BCUT2D eigenvalue weighted by atomic mass is 10.1. The van der Waals surface area contributed by atoms with E-state index in [0.717, 1.165) is 11.1 Å². The van der Waals surface area contributed by atoms with Crippen LogP contribution in [0.15, 0.2) is 60.9 Å². The fourth-order valence-electron chi connectivity index (χ4n) is 4.62. The van der Waals surface area contributed by atoms with E-state index in [1.165, 1.54) is 7.11 Å². The van der Waals surface area contributed by atoms with Gasteiger partial charge in [-0.3, -0.25) is 14.4 Å². The van der Waals surface area contributed by atoms with Gasteiger partial charge < -0.3 is 34.7 Å². The largest absolute Gasteiger partial charge is 0.493 e. The molecule has 5 aliphatic rings. The normalized spacial score (nSPS) is 20.1. The van der Waals surface area contributed by atoms with Crippen LogP contribution in [0, 0.1) is 0 Å². The van der Waals surface area contributed by atoms with Crippen molar-refractivity contribution in [1.82, 2.24) is 20.5 Å². The SMILES string of the molecule is COc1cc2ccc1OCC(=O)NCc1ccc(cc1)O[C@H]1CN(C(=O)c3cc[nH]c3)C[C@@H]1NC(=O)CC2. The van der Waals surface area contributed by atoms with Gasteiger partial charge in [0.15, 0.2) is 18.1 Å². The molecule has 10 nitrogen and oxygen atoms in total. The van der Waals surface area contributed by atoms with Crippen LogP contribution in [-0.2, 0) is 22.6 Å². The molecule has 0 saturated carbocycles. The van der Waals surface area contributed by atoms with E-state index in [0.29, 0.717) is 48.9 Å². The number of nitrogens with zero attached hydrogens (tertiary/aromatic N) is 1. The number of rotatable bonds is 2. The van der Waals surface area contributed by atoms with Crippen molar-refractivity contribution in [1.29, 1.82) is 0 Å². The first-order valence-electron chi connectivity index (χ1n) is 12.5. The number of likely N-dealkylation sites (tertiary alicyclic amines) is 1. The highest BCUT2D eigenvalue weighted by molar-refractivity contribution is 5.94. The summed E-state index contributed by atoms with van der Waals surface area (Å²) in [4.78, 5) is 42.9. The summed E-state index contributed by atoms with van der Waals surface area (Å²) >= 11 is 0. The Labute approximate surface area is 220 Å². The molecule has 38 heavy (non-hydrogen) atoms. The Morgan fingerprint density at radius 3 is 2.58 bits per heavy atom. The molecule has 1 saturated heterocycles. The lowest BCUT2D eigenvalue weighted by Gasteiger charge is -2.21. The lowest BCUT2D eigenvalue weighted by Crippen LogP contribution is -2.45. The predicted octanol–water partition coefficient (Wildman–Crippen LogP) is 2.05. The van der Waals surface area contributed by atoms with Gasteiger partial charge in [0, 0.05) is 31.9 Å². The molecule has 8 rings (SSSR count). The summed E-state index contributed by atoms with van der Waals surface area (Å²) in [7, 11) is 1.53. The van der Waals surface area contributed by atoms with Crippen LogP contribution >= 0.6 is 0 Å². The van der Waals surface area contributed by atoms with Gasteiger partial charge in [0.1, 0.15) is 11.9 Å². The zero-order chi connectivity index (χ0) is 26.5. The van der Waals surface area contributed by atoms with Gasteiger partial charge in [0.25, 0.3) is 11.8 Å². The topological polar surface area (TPSA) is 122 Å². The summed E-state index contributed by atoms with van der Waals surface area (Å²) < 4.78 is 17.3. The van der Waals surface area contributed by atoms with Crippen LogP contribution in [0.2, 0.25) is 0 Å². The third kappa shape index (κ3) is 5.91. The fourth-order valence-corrected chi connectivity index (χ4v) is 4.62. The predicted molar refractivity (Wildman–Crippen MR) is 138 cm³/mol. The molecule has 6 heterocycles. The summed E-state index contributed by atoms with van der Waals surface area (Å²) in [5.41, 5.74) is 2.34. The number of aromatic nitrogens is 1. The third-order valence-corrected chi connectivity index (χ3v) is 6.67. The van der Waals surface area contributed by atoms with Crippen molar-refractivity contribution in [3.05, 3.63) is 77.6 Å². The number of hydrogen-bond donors (Lipinski definition) is 3. The average molecular weight is 519 g/mol. The van der Waals surface area contributed by atoms with Crippen LogP contribution in [-0.4, -0.2) is 66.6 Å². The quantitative estimate of drug-likeness (QED) is 0.478. The molecular weight excluding hydrogens is 488 g/mol. The van der Waals surface area contributed by atoms with Gasteiger partial charge in [-0.2, -0.15) is 0 Å². The molecular formula is C28H30N4O6. The summed E-state index contributed by atoms with van der Waals surface area (Å²) in [5, 5.41) is 5.92. The summed E-state index contributed by atoms with van der Waals surface area (Å²) in [6.45, 7) is 0.857. The monoisotopic (exact) mass is 518 g/mol. The van der Waals surface area contributed by atoms with Crippen LogP contribution in [0.1, 0.15) is 27.9 Å². The molecule has 0 aliphatic carbocycles. The zero-order valence-corrected chi connectivity index (χ0v) is 21.1. The van der Waals surface area contributed by atoms with E-state index in [4.69, 9.17) is 14.2 Å². The number of aromatic amines is 1. The Morgan fingerprint density at radius 2 is 1.82 bits per heavy atom. The first-order chi connectivity index (χ1) is 18.5. The van der Waals surface area contributed by atoms with Crippen molar-refractivity contribution in [2.75, 3.05) is 26.8 Å². The summed E-state index contributed by atoms with van der Waals surface area (Å²) in [6.07, 6.45) is 3.66. The fraction of sp³-hybridized carbons (Fsp3) is 0.321. The van der Waals surface area contributed by atoms with Gasteiger partial charge in [-0.05, 0) is 47.9 Å². The molecule has 1 aromatic heterocycles. The zero-order valence-electron chi connectivity index (χ0n) is 21.1. The number of nitrogens with one attached hydrogen (secondary N) is 3. The number of carbonyl (C=O) groups excluding carboxylic acids is 3. The second-order valence-electron chi connectivity index (χ2n) is 9.33. The highest BCUT2D eigenvalue weighted by Crippen LogP contribution is 2.29. The number of hydrogen-bond acceptors (Lipinski definition) is 6. The number of ether oxygens (including phenoxy) is 3. The maximum absolute atomic E-state index is 13.0. The average Bonchev–Trinajstić information content (AvgIpc) is 3.60. The molecule has 5 aliphatic heterocycles. The molecule has 0 radical (unpaired) electrons.